The molecule has 1 atom stereocenters. The number of carbonyl (C=O) groups is 1. The Bertz CT molecular complexity index is 331. The molecule has 1 fully saturated rings. The minimum Gasteiger partial charge on any atom is -0.467 e. The molecule has 1 amide bonds. The first kappa shape index (κ1) is 11.2. The quantitative estimate of drug-likeness (QED) is 0.768. The van der Waals surface area contributed by atoms with Crippen LogP contribution in [0.25, 0.3) is 0 Å². The van der Waals surface area contributed by atoms with Gasteiger partial charge in [-0.1, -0.05) is 0 Å². The van der Waals surface area contributed by atoms with E-state index >= 15 is 0 Å². The van der Waals surface area contributed by atoms with Crippen LogP contribution in [-0.2, 0) is 4.79 Å². The van der Waals surface area contributed by atoms with E-state index in [1.54, 1.807) is 6.26 Å². The molecule has 2 N–H and O–H groups in total. The fraction of sp³-hybridized carbons (Fsp3) is 0.583. The van der Waals surface area contributed by atoms with E-state index in [0.717, 1.165) is 12.3 Å². The second kappa shape index (κ2) is 5.16. The smallest absolute Gasteiger partial charge is 0.221 e. The van der Waals surface area contributed by atoms with Gasteiger partial charge in [0.2, 0.25) is 5.91 Å². The predicted octanol–water partition coefficient (Wildman–Crippen LogP) is 1.60. The second-order valence-electron chi connectivity index (χ2n) is 4.28. The number of hydrogen-bond donors (Lipinski definition) is 2. The molecule has 4 nitrogen and oxygen atoms in total. The molecule has 88 valence electrons. The Morgan fingerprint density at radius 2 is 2.44 bits per heavy atom. The monoisotopic (exact) mass is 222 g/mol. The van der Waals surface area contributed by atoms with Crippen molar-refractivity contribution in [3.05, 3.63) is 24.2 Å². The molecular formula is C12H18N2O2. The van der Waals surface area contributed by atoms with E-state index < -0.39 is 0 Å². The SMILES string of the molecule is C[C@@H](NC(=O)CCNC1CC1)c1ccco1. The molecule has 1 aromatic rings. The minimum atomic E-state index is -0.0524. The van der Waals surface area contributed by atoms with Crippen LogP contribution in [-0.4, -0.2) is 18.5 Å². The maximum Gasteiger partial charge on any atom is 0.221 e. The number of amides is 1. The molecule has 2 rings (SSSR count). The first-order valence-electron chi connectivity index (χ1n) is 5.82. The van der Waals surface area contributed by atoms with Crippen LogP contribution < -0.4 is 10.6 Å². The highest BCUT2D eigenvalue weighted by atomic mass is 16.3. The van der Waals surface area contributed by atoms with Gasteiger partial charge in [-0.15, -0.1) is 0 Å². The third-order valence-corrected chi connectivity index (χ3v) is 2.71. The van der Waals surface area contributed by atoms with Crippen LogP contribution in [0.15, 0.2) is 22.8 Å². The van der Waals surface area contributed by atoms with Gasteiger partial charge < -0.3 is 15.1 Å². The summed E-state index contributed by atoms with van der Waals surface area (Å²) in [6, 6.07) is 4.30. The highest BCUT2D eigenvalue weighted by Crippen LogP contribution is 2.18. The summed E-state index contributed by atoms with van der Waals surface area (Å²) in [4.78, 5) is 11.6. The number of furan rings is 1. The zero-order chi connectivity index (χ0) is 11.4. The molecule has 1 aromatic heterocycles. The molecule has 0 aliphatic heterocycles. The fourth-order valence-corrected chi connectivity index (χ4v) is 1.60. The number of nitrogens with one attached hydrogen (secondary N) is 2. The zero-order valence-corrected chi connectivity index (χ0v) is 9.53. The molecule has 0 aromatic carbocycles. The summed E-state index contributed by atoms with van der Waals surface area (Å²) in [5.41, 5.74) is 0. The highest BCUT2D eigenvalue weighted by molar-refractivity contribution is 5.76. The lowest BCUT2D eigenvalue weighted by Gasteiger charge is -2.11. The summed E-state index contributed by atoms with van der Waals surface area (Å²) in [6.45, 7) is 2.69. The summed E-state index contributed by atoms with van der Waals surface area (Å²) >= 11 is 0. The minimum absolute atomic E-state index is 0.0524. The molecule has 1 aliphatic rings. The van der Waals surface area contributed by atoms with Gasteiger partial charge in [0, 0.05) is 19.0 Å². The molecule has 4 heteroatoms. The molecule has 0 radical (unpaired) electrons. The first-order chi connectivity index (χ1) is 7.75. The molecule has 0 saturated heterocycles. The van der Waals surface area contributed by atoms with E-state index in [0.29, 0.717) is 12.5 Å². The van der Waals surface area contributed by atoms with Crippen molar-refractivity contribution in [1.29, 1.82) is 0 Å². The van der Waals surface area contributed by atoms with Crippen molar-refractivity contribution in [2.45, 2.75) is 38.3 Å². The zero-order valence-electron chi connectivity index (χ0n) is 9.53. The van der Waals surface area contributed by atoms with Crippen molar-refractivity contribution < 1.29 is 9.21 Å². The van der Waals surface area contributed by atoms with Crippen LogP contribution in [0.4, 0.5) is 0 Å². The van der Waals surface area contributed by atoms with Crippen molar-refractivity contribution in [2.75, 3.05) is 6.54 Å². The van der Waals surface area contributed by atoms with Crippen molar-refractivity contribution in [3.8, 4) is 0 Å². The molecule has 0 unspecified atom stereocenters. The van der Waals surface area contributed by atoms with Crippen LogP contribution in [0.5, 0.6) is 0 Å². The van der Waals surface area contributed by atoms with E-state index in [1.165, 1.54) is 12.8 Å². The Morgan fingerprint density at radius 1 is 1.62 bits per heavy atom. The third-order valence-electron chi connectivity index (χ3n) is 2.71. The highest BCUT2D eigenvalue weighted by Gasteiger charge is 2.20. The predicted molar refractivity (Wildman–Crippen MR) is 60.9 cm³/mol. The van der Waals surface area contributed by atoms with Crippen LogP contribution in [0.1, 0.15) is 38.0 Å². The summed E-state index contributed by atoms with van der Waals surface area (Å²) < 4.78 is 5.22. The van der Waals surface area contributed by atoms with Gasteiger partial charge in [-0.3, -0.25) is 4.79 Å². The van der Waals surface area contributed by atoms with Gasteiger partial charge in [0.05, 0.1) is 12.3 Å². The molecule has 0 spiro atoms. The van der Waals surface area contributed by atoms with Gasteiger partial charge in [-0.25, -0.2) is 0 Å². The average Bonchev–Trinajstić information content (AvgIpc) is 2.91. The van der Waals surface area contributed by atoms with Crippen molar-refractivity contribution in [1.82, 2.24) is 10.6 Å². The summed E-state index contributed by atoms with van der Waals surface area (Å²) in [6.07, 6.45) is 4.66. The van der Waals surface area contributed by atoms with Gasteiger partial charge in [-0.2, -0.15) is 0 Å². The fourth-order valence-electron chi connectivity index (χ4n) is 1.60. The van der Waals surface area contributed by atoms with Gasteiger partial charge in [0.1, 0.15) is 5.76 Å². The normalized spacial score (nSPS) is 17.1. The average molecular weight is 222 g/mol. The lowest BCUT2D eigenvalue weighted by molar-refractivity contribution is -0.121. The largest absolute Gasteiger partial charge is 0.467 e. The van der Waals surface area contributed by atoms with Crippen LogP contribution in [0, 0.1) is 0 Å². The lowest BCUT2D eigenvalue weighted by Crippen LogP contribution is -2.30. The van der Waals surface area contributed by atoms with Gasteiger partial charge in [0.25, 0.3) is 0 Å². The van der Waals surface area contributed by atoms with Crippen LogP contribution in [0.3, 0.4) is 0 Å². The maximum absolute atomic E-state index is 11.6. The Labute approximate surface area is 95.4 Å². The van der Waals surface area contributed by atoms with Crippen molar-refractivity contribution >= 4 is 5.91 Å². The summed E-state index contributed by atoms with van der Waals surface area (Å²) in [5, 5.41) is 6.21. The van der Waals surface area contributed by atoms with Crippen LogP contribution >= 0.6 is 0 Å². The van der Waals surface area contributed by atoms with Gasteiger partial charge in [-0.05, 0) is 31.9 Å². The Morgan fingerprint density at radius 3 is 3.06 bits per heavy atom. The molecule has 1 saturated carbocycles. The number of hydrogen-bond acceptors (Lipinski definition) is 3. The van der Waals surface area contributed by atoms with Gasteiger partial charge >= 0.3 is 0 Å². The Balaban J connectivity index is 1.65. The summed E-state index contributed by atoms with van der Waals surface area (Å²) in [7, 11) is 0. The van der Waals surface area contributed by atoms with Gasteiger partial charge in [0.15, 0.2) is 0 Å². The second-order valence-corrected chi connectivity index (χ2v) is 4.28. The molecular weight excluding hydrogens is 204 g/mol. The number of carbonyl (C=O) groups excluding carboxylic acids is 1. The Kier molecular flexibility index (Phi) is 3.62. The maximum atomic E-state index is 11.6. The molecule has 16 heavy (non-hydrogen) atoms. The van der Waals surface area contributed by atoms with Crippen LogP contribution in [0.2, 0.25) is 0 Å². The lowest BCUT2D eigenvalue weighted by atomic mass is 10.2. The molecule has 1 aliphatic carbocycles. The van der Waals surface area contributed by atoms with Crippen molar-refractivity contribution in [2.24, 2.45) is 0 Å². The molecule has 1 heterocycles. The van der Waals surface area contributed by atoms with E-state index in [2.05, 4.69) is 10.6 Å². The van der Waals surface area contributed by atoms with E-state index in [1.807, 2.05) is 19.1 Å². The van der Waals surface area contributed by atoms with Crippen molar-refractivity contribution in [3.63, 3.8) is 0 Å². The molecule has 0 bridgehead atoms. The Hall–Kier alpha value is -1.29. The first-order valence-corrected chi connectivity index (χ1v) is 5.82. The van der Waals surface area contributed by atoms with E-state index in [-0.39, 0.29) is 11.9 Å². The standard InChI is InChI=1S/C12H18N2O2/c1-9(11-3-2-8-16-11)14-12(15)6-7-13-10-4-5-10/h2-3,8-10,13H,4-7H2,1H3,(H,14,15)/t9-/m1/s1. The van der Waals surface area contributed by atoms with E-state index in [9.17, 15) is 4.79 Å². The third kappa shape index (κ3) is 3.38. The summed E-state index contributed by atoms with van der Waals surface area (Å²) in [5.74, 6) is 0.862. The van der Waals surface area contributed by atoms with E-state index in [4.69, 9.17) is 4.42 Å². The topological polar surface area (TPSA) is 54.3 Å². The number of rotatable bonds is 6.